The Morgan fingerprint density at radius 3 is 2.00 bits per heavy atom. The van der Waals surface area contributed by atoms with Crippen LogP contribution in [0.5, 0.6) is 0 Å². The number of benzene rings is 1. The van der Waals surface area contributed by atoms with Crippen LogP contribution in [0.2, 0.25) is 10.0 Å². The molecule has 0 bridgehead atoms. The Balaban J connectivity index is 2.40. The summed E-state index contributed by atoms with van der Waals surface area (Å²) in [5.74, 6) is 0. The lowest BCUT2D eigenvalue weighted by molar-refractivity contribution is 0.0445. The van der Waals surface area contributed by atoms with E-state index in [0.717, 1.165) is 31.2 Å². The number of aliphatic hydroxyl groups is 1. The minimum absolute atomic E-state index is 0.591. The Morgan fingerprint density at radius 2 is 1.50 bits per heavy atom. The van der Waals surface area contributed by atoms with Crippen LogP contribution in [0.15, 0.2) is 18.2 Å². The van der Waals surface area contributed by atoms with Gasteiger partial charge < -0.3 is 5.11 Å². The van der Waals surface area contributed by atoms with Crippen LogP contribution in [-0.2, 0) is 5.60 Å². The van der Waals surface area contributed by atoms with Gasteiger partial charge in [-0.05, 0) is 36.6 Å². The molecule has 0 spiro atoms. The summed E-state index contributed by atoms with van der Waals surface area (Å²) in [4.78, 5) is 0. The third kappa shape index (κ3) is 1.90. The number of hydrogen-bond donors (Lipinski definition) is 1. The van der Waals surface area contributed by atoms with Crippen LogP contribution >= 0.6 is 23.2 Å². The summed E-state index contributed by atoms with van der Waals surface area (Å²) in [5, 5.41) is 11.5. The molecule has 3 heteroatoms. The second-order valence-corrected chi connectivity index (χ2v) is 4.77. The topological polar surface area (TPSA) is 20.2 Å². The molecule has 0 saturated heterocycles. The standard InChI is InChI=1S/C11H12Cl2O/c12-9-5-8(6-10(13)7-9)11(14)3-1-2-4-11/h5-7,14H,1-4H2. The molecule has 0 atom stereocenters. The van der Waals surface area contributed by atoms with E-state index in [9.17, 15) is 5.11 Å². The van der Waals surface area contributed by atoms with E-state index in [-0.39, 0.29) is 0 Å². The highest BCUT2D eigenvalue weighted by Crippen LogP contribution is 2.40. The average Bonchev–Trinajstić information content (AvgIpc) is 2.52. The molecule has 0 radical (unpaired) electrons. The van der Waals surface area contributed by atoms with Gasteiger partial charge in [-0.15, -0.1) is 0 Å². The Hall–Kier alpha value is -0.240. The molecular formula is C11H12Cl2O. The zero-order valence-corrected chi connectivity index (χ0v) is 9.28. The molecule has 0 amide bonds. The van der Waals surface area contributed by atoms with Crippen molar-refractivity contribution < 1.29 is 5.11 Å². The molecule has 1 aliphatic rings. The first kappa shape index (κ1) is 10.3. The van der Waals surface area contributed by atoms with Gasteiger partial charge in [-0.25, -0.2) is 0 Å². The van der Waals surface area contributed by atoms with Crippen molar-refractivity contribution in [3.8, 4) is 0 Å². The first-order chi connectivity index (χ1) is 6.60. The summed E-state index contributed by atoms with van der Waals surface area (Å²) in [6.45, 7) is 0. The van der Waals surface area contributed by atoms with Crippen molar-refractivity contribution in [2.45, 2.75) is 31.3 Å². The average molecular weight is 231 g/mol. The van der Waals surface area contributed by atoms with Gasteiger partial charge in [0, 0.05) is 10.0 Å². The molecule has 1 aromatic rings. The molecule has 2 rings (SSSR count). The summed E-state index contributed by atoms with van der Waals surface area (Å²) >= 11 is 11.8. The normalized spacial score (nSPS) is 19.9. The van der Waals surface area contributed by atoms with E-state index >= 15 is 0 Å². The van der Waals surface area contributed by atoms with E-state index in [1.165, 1.54) is 0 Å². The van der Waals surface area contributed by atoms with Gasteiger partial charge in [0.25, 0.3) is 0 Å². The Labute approximate surface area is 93.7 Å². The van der Waals surface area contributed by atoms with Crippen molar-refractivity contribution in [1.29, 1.82) is 0 Å². The van der Waals surface area contributed by atoms with Crippen LogP contribution in [0.3, 0.4) is 0 Å². The van der Waals surface area contributed by atoms with Crippen LogP contribution in [0, 0.1) is 0 Å². The highest BCUT2D eigenvalue weighted by Gasteiger charge is 2.33. The number of hydrogen-bond acceptors (Lipinski definition) is 1. The summed E-state index contributed by atoms with van der Waals surface area (Å²) in [6.07, 6.45) is 3.76. The molecule has 1 aliphatic carbocycles. The number of halogens is 2. The van der Waals surface area contributed by atoms with Crippen molar-refractivity contribution in [2.75, 3.05) is 0 Å². The molecule has 0 aromatic heterocycles. The SMILES string of the molecule is OC1(c2cc(Cl)cc(Cl)c2)CCCC1. The minimum atomic E-state index is -0.700. The molecule has 14 heavy (non-hydrogen) atoms. The molecular weight excluding hydrogens is 219 g/mol. The minimum Gasteiger partial charge on any atom is -0.385 e. The highest BCUT2D eigenvalue weighted by atomic mass is 35.5. The van der Waals surface area contributed by atoms with E-state index in [0.29, 0.717) is 10.0 Å². The summed E-state index contributed by atoms with van der Waals surface area (Å²) in [5.41, 5.74) is 0.154. The lowest BCUT2D eigenvalue weighted by Gasteiger charge is -2.23. The van der Waals surface area contributed by atoms with Crippen molar-refractivity contribution in [3.05, 3.63) is 33.8 Å². The fraction of sp³-hybridized carbons (Fsp3) is 0.455. The molecule has 0 aliphatic heterocycles. The predicted molar refractivity (Wildman–Crippen MR) is 58.8 cm³/mol. The second kappa shape index (κ2) is 3.73. The molecule has 1 aromatic carbocycles. The molecule has 1 nitrogen and oxygen atoms in total. The van der Waals surface area contributed by atoms with Crippen LogP contribution in [0.25, 0.3) is 0 Å². The largest absolute Gasteiger partial charge is 0.385 e. The van der Waals surface area contributed by atoms with Gasteiger partial charge in [0.05, 0.1) is 5.60 Å². The Morgan fingerprint density at radius 1 is 1.00 bits per heavy atom. The smallest absolute Gasteiger partial charge is 0.0897 e. The van der Waals surface area contributed by atoms with Crippen molar-refractivity contribution in [2.24, 2.45) is 0 Å². The fourth-order valence-corrected chi connectivity index (χ4v) is 2.60. The van der Waals surface area contributed by atoms with E-state index in [1.54, 1.807) is 18.2 Å². The summed E-state index contributed by atoms with van der Waals surface area (Å²) in [6, 6.07) is 5.29. The van der Waals surface area contributed by atoms with E-state index in [1.807, 2.05) is 0 Å². The van der Waals surface area contributed by atoms with E-state index in [2.05, 4.69) is 0 Å². The molecule has 1 fully saturated rings. The van der Waals surface area contributed by atoms with Crippen molar-refractivity contribution in [1.82, 2.24) is 0 Å². The third-order valence-electron chi connectivity index (χ3n) is 2.83. The third-order valence-corrected chi connectivity index (χ3v) is 3.27. The molecule has 1 saturated carbocycles. The van der Waals surface area contributed by atoms with Crippen LogP contribution in [-0.4, -0.2) is 5.11 Å². The predicted octanol–water partition coefficient (Wildman–Crippen LogP) is 3.76. The number of rotatable bonds is 1. The zero-order chi connectivity index (χ0) is 10.2. The maximum atomic E-state index is 10.3. The lowest BCUT2D eigenvalue weighted by Crippen LogP contribution is -2.20. The monoisotopic (exact) mass is 230 g/mol. The molecule has 1 N–H and O–H groups in total. The van der Waals surface area contributed by atoms with E-state index < -0.39 is 5.60 Å². The van der Waals surface area contributed by atoms with Crippen molar-refractivity contribution in [3.63, 3.8) is 0 Å². The molecule has 0 unspecified atom stereocenters. The van der Waals surface area contributed by atoms with Crippen molar-refractivity contribution >= 4 is 23.2 Å². The lowest BCUT2D eigenvalue weighted by atomic mass is 9.92. The fourth-order valence-electron chi connectivity index (χ4n) is 2.07. The molecule has 76 valence electrons. The molecule has 0 heterocycles. The second-order valence-electron chi connectivity index (χ2n) is 3.90. The van der Waals surface area contributed by atoms with Gasteiger partial charge in [0.1, 0.15) is 0 Å². The first-order valence-corrected chi connectivity index (χ1v) is 5.55. The van der Waals surface area contributed by atoms with Crippen LogP contribution in [0.1, 0.15) is 31.2 Å². The maximum Gasteiger partial charge on any atom is 0.0897 e. The van der Waals surface area contributed by atoms with Gasteiger partial charge in [-0.2, -0.15) is 0 Å². The first-order valence-electron chi connectivity index (χ1n) is 4.79. The van der Waals surface area contributed by atoms with Crippen LogP contribution in [0.4, 0.5) is 0 Å². The van der Waals surface area contributed by atoms with Gasteiger partial charge in [-0.3, -0.25) is 0 Å². The zero-order valence-electron chi connectivity index (χ0n) is 7.76. The summed E-state index contributed by atoms with van der Waals surface area (Å²) < 4.78 is 0. The Kier molecular flexibility index (Phi) is 2.74. The summed E-state index contributed by atoms with van der Waals surface area (Å²) in [7, 11) is 0. The quantitative estimate of drug-likeness (QED) is 0.780. The van der Waals surface area contributed by atoms with Gasteiger partial charge in [0.15, 0.2) is 0 Å². The van der Waals surface area contributed by atoms with Crippen LogP contribution < -0.4 is 0 Å². The Bertz CT molecular complexity index is 323. The van der Waals surface area contributed by atoms with Gasteiger partial charge in [0.2, 0.25) is 0 Å². The highest BCUT2D eigenvalue weighted by molar-refractivity contribution is 6.34. The van der Waals surface area contributed by atoms with E-state index in [4.69, 9.17) is 23.2 Å². The maximum absolute atomic E-state index is 10.3. The van der Waals surface area contributed by atoms with Gasteiger partial charge >= 0.3 is 0 Å². The van der Waals surface area contributed by atoms with Gasteiger partial charge in [-0.1, -0.05) is 36.0 Å².